The van der Waals surface area contributed by atoms with Crippen LogP contribution in [0.4, 0.5) is 4.39 Å². The maximum Gasteiger partial charge on any atom is 0.338 e. The number of carboxylic acids is 1. The van der Waals surface area contributed by atoms with Crippen LogP contribution in [-0.4, -0.2) is 46.0 Å². The number of aromatic nitrogens is 1. The number of carboxylic acid groups (broad SMARTS) is 1. The molecular weight excluding hydrogens is 483 g/mol. The number of halogens is 2. The third-order valence-corrected chi connectivity index (χ3v) is 6.28. The van der Waals surface area contributed by atoms with E-state index in [-0.39, 0.29) is 34.8 Å². The van der Waals surface area contributed by atoms with E-state index in [0.29, 0.717) is 24.2 Å². The highest BCUT2D eigenvalue weighted by molar-refractivity contribution is 6.32. The lowest BCUT2D eigenvalue weighted by molar-refractivity contribution is -0.00398. The van der Waals surface area contributed by atoms with Crippen LogP contribution in [0.3, 0.4) is 0 Å². The van der Waals surface area contributed by atoms with Crippen LogP contribution in [0.1, 0.15) is 53.9 Å². The largest absolute Gasteiger partial charge is 0.478 e. The fourth-order valence-electron chi connectivity index (χ4n) is 3.95. The van der Waals surface area contributed by atoms with Gasteiger partial charge in [-0.25, -0.2) is 14.2 Å². The number of rotatable bonds is 11. The summed E-state index contributed by atoms with van der Waals surface area (Å²) >= 11 is 6.06. The molecule has 2 aromatic carbocycles. The molecule has 0 bridgehead atoms. The van der Waals surface area contributed by atoms with Crippen molar-refractivity contribution in [2.24, 2.45) is 0 Å². The molecule has 3 aromatic rings. The van der Waals surface area contributed by atoms with E-state index in [9.17, 15) is 19.4 Å². The Morgan fingerprint density at radius 2 is 1.92 bits per heavy atom. The average molecular weight is 515 g/mol. The van der Waals surface area contributed by atoms with Crippen LogP contribution in [0, 0.1) is 12.7 Å². The lowest BCUT2D eigenvalue weighted by Gasteiger charge is -2.28. The number of nitrogens with one attached hydrogen (secondary N) is 1. The molecule has 0 fully saturated rings. The predicted molar refractivity (Wildman–Crippen MR) is 139 cm³/mol. The van der Waals surface area contributed by atoms with Gasteiger partial charge in [0.25, 0.3) is 0 Å². The van der Waals surface area contributed by atoms with Crippen LogP contribution in [-0.2, 0) is 11.2 Å². The molecule has 0 saturated carbocycles. The molecule has 0 amide bonds. The highest BCUT2D eigenvalue weighted by Crippen LogP contribution is 2.30. The molecule has 3 rings (SSSR count). The van der Waals surface area contributed by atoms with Crippen LogP contribution in [0.25, 0.3) is 11.3 Å². The quantitative estimate of drug-likeness (QED) is 0.289. The van der Waals surface area contributed by atoms with Gasteiger partial charge < -0.3 is 20.3 Å². The Labute approximate surface area is 216 Å². The van der Waals surface area contributed by atoms with Crippen molar-refractivity contribution in [3.63, 3.8) is 0 Å². The Balaban J connectivity index is 1.59. The Kier molecular flexibility index (Phi) is 9.19. The first kappa shape index (κ1) is 27.7. The Bertz CT molecular complexity index is 1220. The van der Waals surface area contributed by atoms with Crippen molar-refractivity contribution in [3.8, 4) is 11.3 Å². The molecule has 8 heteroatoms. The smallest absolute Gasteiger partial charge is 0.338 e. The summed E-state index contributed by atoms with van der Waals surface area (Å²) in [5.41, 5.74) is 3.23. The van der Waals surface area contributed by atoms with Crippen molar-refractivity contribution in [1.82, 2.24) is 10.3 Å². The second-order valence-corrected chi connectivity index (χ2v) is 9.94. The molecule has 1 unspecified atom stereocenters. The van der Waals surface area contributed by atoms with Gasteiger partial charge in [-0.3, -0.25) is 0 Å². The lowest BCUT2D eigenvalue weighted by Crippen LogP contribution is -2.46. The van der Waals surface area contributed by atoms with Gasteiger partial charge in [0.2, 0.25) is 0 Å². The van der Waals surface area contributed by atoms with Crippen molar-refractivity contribution >= 4 is 17.6 Å². The third kappa shape index (κ3) is 7.34. The van der Waals surface area contributed by atoms with Gasteiger partial charge in [-0.15, -0.1) is 0 Å². The molecule has 0 aliphatic rings. The maximum absolute atomic E-state index is 13.9. The molecule has 0 radical (unpaired) electrons. The lowest BCUT2D eigenvalue weighted by atomic mass is 9.94. The van der Waals surface area contributed by atoms with Crippen LogP contribution < -0.4 is 5.32 Å². The van der Waals surface area contributed by atoms with Crippen molar-refractivity contribution in [2.75, 3.05) is 13.2 Å². The van der Waals surface area contributed by atoms with Crippen LogP contribution in [0.15, 0.2) is 54.6 Å². The average Bonchev–Trinajstić information content (AvgIpc) is 2.83. The number of carbonyl (C=O) groups is 1. The van der Waals surface area contributed by atoms with E-state index in [0.717, 1.165) is 16.7 Å². The van der Waals surface area contributed by atoms with Gasteiger partial charge in [0, 0.05) is 17.6 Å². The van der Waals surface area contributed by atoms with Gasteiger partial charge in [-0.2, -0.15) is 0 Å². The van der Waals surface area contributed by atoms with E-state index in [1.807, 2.05) is 51.1 Å². The summed E-state index contributed by atoms with van der Waals surface area (Å²) in [4.78, 5) is 15.5. The first-order valence-electron chi connectivity index (χ1n) is 11.8. The second-order valence-electron chi connectivity index (χ2n) is 9.58. The number of β-amino-alcohol motifs (C(OH)–C–C–N with tert-alkyl or cyclic N) is 1. The first-order chi connectivity index (χ1) is 17.0. The number of pyridine rings is 1. The molecule has 0 aliphatic heterocycles. The van der Waals surface area contributed by atoms with E-state index in [4.69, 9.17) is 16.3 Å². The monoisotopic (exact) mass is 514 g/mol. The normalized spacial score (nSPS) is 13.4. The summed E-state index contributed by atoms with van der Waals surface area (Å²) in [7, 11) is 0. The predicted octanol–water partition coefficient (Wildman–Crippen LogP) is 5.60. The standard InChI is InChI=1S/C28H32ClFN2O4/c1-17-9-10-19(13-24(17)30)14-28(3,4)31-15-20(33)16-36-18(2)21-7-5-6-8-22(21)25-12-11-23(27(34)35)26(29)32-25/h5-13,18,20,31,33H,14-16H2,1-4H3,(H,34,35)/t18?,20-/m1/s1. The van der Waals surface area contributed by atoms with Crippen LogP contribution in [0.5, 0.6) is 0 Å². The minimum absolute atomic E-state index is 0.0618. The number of nitrogens with zero attached hydrogens (tertiary/aromatic N) is 1. The number of aliphatic hydroxyl groups excluding tert-OH is 1. The summed E-state index contributed by atoms with van der Waals surface area (Å²) in [5.74, 6) is -1.36. The number of hydrogen-bond donors (Lipinski definition) is 3. The van der Waals surface area contributed by atoms with Gasteiger partial charge in [-0.05, 0) is 69.0 Å². The molecule has 0 saturated heterocycles. The molecule has 2 atom stereocenters. The summed E-state index contributed by atoms with van der Waals surface area (Å²) in [5, 5.41) is 23.0. The molecule has 6 nitrogen and oxygen atoms in total. The number of aromatic carboxylic acids is 1. The zero-order valence-corrected chi connectivity index (χ0v) is 21.6. The summed E-state index contributed by atoms with van der Waals surface area (Å²) in [6.45, 7) is 8.03. The van der Waals surface area contributed by atoms with Crippen LogP contribution >= 0.6 is 11.6 Å². The van der Waals surface area contributed by atoms with Gasteiger partial charge in [-0.1, -0.05) is 48.0 Å². The van der Waals surface area contributed by atoms with Crippen LogP contribution in [0.2, 0.25) is 5.15 Å². The topological polar surface area (TPSA) is 91.7 Å². The molecule has 0 spiro atoms. The number of ether oxygens (including phenoxy) is 1. The summed E-state index contributed by atoms with van der Waals surface area (Å²) < 4.78 is 19.8. The highest BCUT2D eigenvalue weighted by Gasteiger charge is 2.21. The number of aryl methyl sites for hydroxylation is 1. The SMILES string of the molecule is Cc1ccc(CC(C)(C)NC[C@@H](O)COC(C)c2ccccc2-c2ccc(C(=O)O)c(Cl)n2)cc1F. The zero-order chi connectivity index (χ0) is 26.5. The number of hydrogen-bond acceptors (Lipinski definition) is 5. The molecule has 192 valence electrons. The van der Waals surface area contributed by atoms with Crippen molar-refractivity contribution < 1.29 is 24.1 Å². The second kappa shape index (κ2) is 11.9. The molecule has 36 heavy (non-hydrogen) atoms. The molecule has 3 N–H and O–H groups in total. The van der Waals surface area contributed by atoms with Crippen molar-refractivity contribution in [1.29, 1.82) is 0 Å². The fourth-order valence-corrected chi connectivity index (χ4v) is 4.18. The Hall–Kier alpha value is -2.84. The van der Waals surface area contributed by atoms with Gasteiger partial charge >= 0.3 is 5.97 Å². The maximum atomic E-state index is 13.9. The minimum atomic E-state index is -1.14. The van der Waals surface area contributed by atoms with Gasteiger partial charge in [0.1, 0.15) is 11.0 Å². The van der Waals surface area contributed by atoms with E-state index in [1.54, 1.807) is 25.1 Å². The molecule has 1 heterocycles. The first-order valence-corrected chi connectivity index (χ1v) is 12.1. The van der Waals surface area contributed by atoms with Gasteiger partial charge in [0.15, 0.2) is 0 Å². The minimum Gasteiger partial charge on any atom is -0.478 e. The van der Waals surface area contributed by atoms with Crippen molar-refractivity contribution in [3.05, 3.63) is 87.8 Å². The molecular formula is C28H32ClFN2O4. The number of benzene rings is 2. The summed E-state index contributed by atoms with van der Waals surface area (Å²) in [6, 6.07) is 15.8. The van der Waals surface area contributed by atoms with Crippen molar-refractivity contribution in [2.45, 2.75) is 51.9 Å². The fraction of sp³-hybridized carbons (Fsp3) is 0.357. The third-order valence-electron chi connectivity index (χ3n) is 5.99. The van der Waals surface area contributed by atoms with E-state index < -0.39 is 12.1 Å². The molecule has 0 aliphatic carbocycles. The number of aliphatic hydroxyl groups is 1. The molecule has 1 aromatic heterocycles. The van der Waals surface area contributed by atoms with Gasteiger partial charge in [0.05, 0.1) is 30.1 Å². The zero-order valence-electron chi connectivity index (χ0n) is 20.9. The van der Waals surface area contributed by atoms with E-state index in [1.165, 1.54) is 6.07 Å². The highest BCUT2D eigenvalue weighted by atomic mass is 35.5. The van der Waals surface area contributed by atoms with E-state index >= 15 is 0 Å². The van der Waals surface area contributed by atoms with E-state index in [2.05, 4.69) is 10.3 Å². The Morgan fingerprint density at radius 3 is 2.58 bits per heavy atom. The Morgan fingerprint density at radius 1 is 1.19 bits per heavy atom. The summed E-state index contributed by atoms with van der Waals surface area (Å²) in [6.07, 6.45) is -0.507.